The molecule has 6 rings (SSSR count). The predicted octanol–water partition coefficient (Wildman–Crippen LogP) is 9.14. The average Bonchev–Trinajstić information content (AvgIpc) is 3.65. The molecule has 6 heteroatoms. The number of fused-ring (bicyclic) bond motifs is 3. The van der Waals surface area contributed by atoms with E-state index in [2.05, 4.69) is 90.5 Å². The summed E-state index contributed by atoms with van der Waals surface area (Å²) in [5.74, 6) is 0. The lowest BCUT2D eigenvalue weighted by Gasteiger charge is -2.07. The Bertz CT molecular complexity index is 1650. The molecule has 214 valence electrons. The van der Waals surface area contributed by atoms with Gasteiger partial charge in [-0.2, -0.15) is 0 Å². The number of hydrogen-bond acceptors (Lipinski definition) is 3. The second-order valence-electron chi connectivity index (χ2n) is 9.75. The van der Waals surface area contributed by atoms with E-state index < -0.39 is 0 Å². The van der Waals surface area contributed by atoms with Crippen LogP contribution in [0.25, 0.3) is 33.1 Å². The monoisotopic (exact) mass is 540 g/mol. The number of nitrogens with one attached hydrogen (secondary N) is 3. The number of hydrogen-bond donors (Lipinski definition) is 3. The van der Waals surface area contributed by atoms with Crippen LogP contribution >= 0.6 is 0 Å². The summed E-state index contributed by atoms with van der Waals surface area (Å²) in [7, 11) is 0. The Kier molecular flexibility index (Phi) is 11.7. The van der Waals surface area contributed by atoms with Crippen molar-refractivity contribution in [3.8, 4) is 0 Å². The molecule has 0 spiro atoms. The summed E-state index contributed by atoms with van der Waals surface area (Å²) in [6.45, 7) is 15.1. The maximum absolute atomic E-state index is 4.43. The van der Waals surface area contributed by atoms with Crippen LogP contribution in [0.4, 0.5) is 0 Å². The second-order valence-corrected chi connectivity index (χ2v) is 9.75. The molecule has 0 saturated heterocycles. The number of aryl methyl sites for hydroxylation is 7. The van der Waals surface area contributed by atoms with Crippen LogP contribution < -0.4 is 0 Å². The Morgan fingerprint density at radius 2 is 1.18 bits per heavy atom. The van der Waals surface area contributed by atoms with Crippen LogP contribution in [0.3, 0.4) is 0 Å². The van der Waals surface area contributed by atoms with Gasteiger partial charge in [0.2, 0.25) is 0 Å². The SMILES string of the molecule is C.C.CCc1ccnc2[nH]cc(C)c12.CCc1cnc2[nH]cc(C)c2c1.CCc1cnc2[nH]cc(C)c2c1CC. The van der Waals surface area contributed by atoms with Gasteiger partial charge in [-0.05, 0) is 97.5 Å². The Morgan fingerprint density at radius 1 is 0.600 bits per heavy atom. The van der Waals surface area contributed by atoms with Crippen molar-refractivity contribution < 1.29 is 0 Å². The number of aromatic nitrogens is 6. The van der Waals surface area contributed by atoms with Crippen LogP contribution in [-0.4, -0.2) is 29.9 Å². The fourth-order valence-electron chi connectivity index (χ4n) is 5.05. The lowest BCUT2D eigenvalue weighted by Crippen LogP contribution is -1.94. The topological polar surface area (TPSA) is 86.0 Å². The summed E-state index contributed by atoms with van der Waals surface area (Å²) in [5.41, 5.74) is 12.4. The van der Waals surface area contributed by atoms with Crippen LogP contribution in [0.5, 0.6) is 0 Å². The summed E-state index contributed by atoms with van der Waals surface area (Å²) in [4.78, 5) is 22.5. The molecule has 3 N–H and O–H groups in total. The van der Waals surface area contributed by atoms with E-state index in [4.69, 9.17) is 0 Å². The zero-order valence-electron chi connectivity index (χ0n) is 23.8. The second kappa shape index (κ2) is 14.5. The van der Waals surface area contributed by atoms with Gasteiger partial charge in [0, 0.05) is 53.3 Å². The molecule has 0 unspecified atom stereocenters. The molecule has 0 aliphatic carbocycles. The Labute approximate surface area is 240 Å². The quantitative estimate of drug-likeness (QED) is 0.208. The minimum atomic E-state index is 0. The largest absolute Gasteiger partial charge is 0.346 e. The highest BCUT2D eigenvalue weighted by Crippen LogP contribution is 2.24. The maximum atomic E-state index is 4.43. The molecule has 0 aliphatic heterocycles. The molecule has 0 amide bonds. The first kappa shape index (κ1) is 32.3. The molecular formula is C34H48N6. The van der Waals surface area contributed by atoms with Crippen molar-refractivity contribution in [2.45, 2.75) is 89.0 Å². The molecule has 0 bridgehead atoms. The Hall–Kier alpha value is -3.93. The molecule has 0 atom stereocenters. The minimum Gasteiger partial charge on any atom is -0.346 e. The summed E-state index contributed by atoms with van der Waals surface area (Å²) >= 11 is 0. The zero-order chi connectivity index (χ0) is 27.2. The molecule has 6 aromatic rings. The van der Waals surface area contributed by atoms with Gasteiger partial charge in [-0.1, -0.05) is 42.5 Å². The molecule has 0 aromatic carbocycles. The molecule has 0 radical (unpaired) electrons. The van der Waals surface area contributed by atoms with E-state index in [1.165, 1.54) is 55.1 Å². The van der Waals surface area contributed by atoms with Gasteiger partial charge >= 0.3 is 0 Å². The number of nitrogens with zero attached hydrogens (tertiary/aromatic N) is 3. The maximum Gasteiger partial charge on any atom is 0.137 e. The summed E-state index contributed by atoms with van der Waals surface area (Å²) in [6, 6.07) is 4.29. The minimum absolute atomic E-state index is 0. The van der Waals surface area contributed by atoms with E-state index in [1.54, 1.807) is 0 Å². The normalized spacial score (nSPS) is 10.4. The van der Waals surface area contributed by atoms with E-state index >= 15 is 0 Å². The van der Waals surface area contributed by atoms with Gasteiger partial charge in [0.05, 0.1) is 0 Å². The highest BCUT2D eigenvalue weighted by molar-refractivity contribution is 5.84. The van der Waals surface area contributed by atoms with Gasteiger partial charge in [-0.15, -0.1) is 0 Å². The van der Waals surface area contributed by atoms with Crippen LogP contribution in [-0.2, 0) is 25.7 Å². The standard InChI is InChI=1S/C12H16N2.2C10H12N2.2CH4/c1-4-9-7-14-12-11(10(9)5-2)8(3)6-13-12;1-3-8-4-9-7(2)5-11-10(9)12-6-8;1-3-8-4-5-11-10-9(8)7(2)6-12-10;;/h6-7H,4-5H2,1-3H3,(H,13,14);2*4-6H,3H2,1-2H3,(H,11,12);2*1H4. The predicted molar refractivity (Wildman–Crippen MR) is 173 cm³/mol. The fraction of sp³-hybridized carbons (Fsp3) is 0.382. The van der Waals surface area contributed by atoms with Gasteiger partial charge in [0.1, 0.15) is 16.9 Å². The molecule has 6 nitrogen and oxygen atoms in total. The van der Waals surface area contributed by atoms with Crippen LogP contribution in [0.1, 0.15) is 81.5 Å². The van der Waals surface area contributed by atoms with Gasteiger partial charge < -0.3 is 15.0 Å². The van der Waals surface area contributed by atoms with Crippen molar-refractivity contribution in [1.29, 1.82) is 0 Å². The first-order chi connectivity index (χ1) is 18.4. The summed E-state index contributed by atoms with van der Waals surface area (Å²) < 4.78 is 0. The highest BCUT2D eigenvalue weighted by atomic mass is 14.8. The first-order valence-electron chi connectivity index (χ1n) is 13.7. The number of aromatic amines is 3. The van der Waals surface area contributed by atoms with E-state index in [9.17, 15) is 0 Å². The van der Waals surface area contributed by atoms with Crippen molar-refractivity contribution in [2.75, 3.05) is 0 Å². The van der Waals surface area contributed by atoms with Crippen LogP contribution in [0, 0.1) is 20.8 Å². The van der Waals surface area contributed by atoms with E-state index in [-0.39, 0.29) is 14.9 Å². The van der Waals surface area contributed by atoms with Crippen molar-refractivity contribution in [3.63, 3.8) is 0 Å². The molecular weight excluding hydrogens is 492 g/mol. The lowest BCUT2D eigenvalue weighted by molar-refractivity contribution is 1.03. The van der Waals surface area contributed by atoms with Gasteiger partial charge in [-0.25, -0.2) is 15.0 Å². The molecule has 6 aromatic heterocycles. The Morgan fingerprint density at radius 3 is 1.80 bits per heavy atom. The highest BCUT2D eigenvalue weighted by Gasteiger charge is 2.09. The van der Waals surface area contributed by atoms with Gasteiger partial charge in [0.25, 0.3) is 0 Å². The van der Waals surface area contributed by atoms with E-state index in [0.29, 0.717) is 0 Å². The van der Waals surface area contributed by atoms with Gasteiger partial charge in [0.15, 0.2) is 0 Å². The van der Waals surface area contributed by atoms with Crippen LogP contribution in [0.2, 0.25) is 0 Å². The number of H-pyrrole nitrogens is 3. The van der Waals surface area contributed by atoms with E-state index in [1.807, 2.05) is 37.2 Å². The fourth-order valence-corrected chi connectivity index (χ4v) is 5.05. The Balaban J connectivity index is 0.000000206. The van der Waals surface area contributed by atoms with Crippen molar-refractivity contribution >= 4 is 33.1 Å². The average molecular weight is 541 g/mol. The molecule has 40 heavy (non-hydrogen) atoms. The van der Waals surface area contributed by atoms with E-state index in [0.717, 1.165) is 42.6 Å². The van der Waals surface area contributed by atoms with Crippen molar-refractivity contribution in [2.24, 2.45) is 0 Å². The smallest absolute Gasteiger partial charge is 0.137 e. The summed E-state index contributed by atoms with van der Waals surface area (Å²) in [6.07, 6.45) is 16.1. The van der Waals surface area contributed by atoms with Crippen LogP contribution in [0.15, 0.2) is 49.3 Å². The molecule has 0 saturated carbocycles. The first-order valence-corrected chi connectivity index (χ1v) is 13.7. The zero-order valence-corrected chi connectivity index (χ0v) is 23.8. The molecule has 0 aliphatic rings. The van der Waals surface area contributed by atoms with Crippen molar-refractivity contribution in [1.82, 2.24) is 29.9 Å². The molecule has 6 heterocycles. The lowest BCUT2D eigenvalue weighted by atomic mass is 10.0. The van der Waals surface area contributed by atoms with Gasteiger partial charge in [-0.3, -0.25) is 0 Å². The molecule has 0 fully saturated rings. The third-order valence-corrected chi connectivity index (χ3v) is 7.27. The third kappa shape index (κ3) is 6.61. The number of pyridine rings is 3. The summed E-state index contributed by atoms with van der Waals surface area (Å²) in [5, 5.41) is 3.86. The van der Waals surface area contributed by atoms with Crippen molar-refractivity contribution in [3.05, 3.63) is 88.3 Å². The third-order valence-electron chi connectivity index (χ3n) is 7.27. The number of rotatable bonds is 4.